The molecule has 0 atom stereocenters. The highest BCUT2D eigenvalue weighted by Gasteiger charge is 2.15. The number of hydrogen-bond acceptors (Lipinski definition) is 4. The number of amides is 1. The summed E-state index contributed by atoms with van der Waals surface area (Å²) in [5.74, 6) is 0.232. The minimum Gasteiger partial charge on any atom is -0.484 e. The van der Waals surface area contributed by atoms with E-state index in [1.807, 2.05) is 12.1 Å². The second-order valence-corrected chi connectivity index (χ2v) is 7.96. The van der Waals surface area contributed by atoms with E-state index in [2.05, 4.69) is 5.32 Å². The summed E-state index contributed by atoms with van der Waals surface area (Å²) in [5, 5.41) is 3.40. The first kappa shape index (κ1) is 20.1. The van der Waals surface area contributed by atoms with Gasteiger partial charge in [0.1, 0.15) is 5.75 Å². The van der Waals surface area contributed by atoms with E-state index in [0.717, 1.165) is 11.8 Å². The van der Waals surface area contributed by atoms with Crippen LogP contribution in [0.2, 0.25) is 5.02 Å². The number of halogens is 1. The van der Waals surface area contributed by atoms with E-state index in [1.165, 1.54) is 4.31 Å². The minimum absolute atomic E-state index is 0.128. The summed E-state index contributed by atoms with van der Waals surface area (Å²) in [6.45, 7) is 2.36. The predicted molar refractivity (Wildman–Crippen MR) is 103 cm³/mol. The zero-order valence-electron chi connectivity index (χ0n) is 14.6. The molecule has 0 aromatic heterocycles. The van der Waals surface area contributed by atoms with Gasteiger partial charge in [0.2, 0.25) is 10.0 Å². The summed E-state index contributed by atoms with van der Waals surface area (Å²) in [6, 6.07) is 13.8. The molecule has 6 nitrogen and oxygen atoms in total. The maximum absolute atomic E-state index is 11.9. The molecule has 0 radical (unpaired) electrons. The quantitative estimate of drug-likeness (QED) is 0.744. The van der Waals surface area contributed by atoms with Crippen molar-refractivity contribution in [2.75, 3.05) is 23.7 Å². The molecule has 0 aliphatic heterocycles. The highest BCUT2D eigenvalue weighted by atomic mass is 35.5. The van der Waals surface area contributed by atoms with Crippen molar-refractivity contribution in [2.45, 2.75) is 13.5 Å². The third kappa shape index (κ3) is 5.93. The summed E-state index contributed by atoms with van der Waals surface area (Å²) < 4.78 is 30.1. The molecule has 0 fully saturated rings. The van der Waals surface area contributed by atoms with Gasteiger partial charge in [-0.05, 0) is 48.9 Å². The number of benzene rings is 2. The van der Waals surface area contributed by atoms with Crippen LogP contribution in [0, 0.1) is 0 Å². The van der Waals surface area contributed by atoms with Crippen molar-refractivity contribution >= 4 is 33.2 Å². The van der Waals surface area contributed by atoms with Crippen LogP contribution in [0.25, 0.3) is 0 Å². The standard InChI is InChI=1S/C18H21ClN2O4S/c1-3-21(26(2,23)24)16-8-10-17(11-9-16)25-13-18(22)20-12-14-4-6-15(19)7-5-14/h4-11H,3,12-13H2,1-2H3,(H,20,22). The lowest BCUT2D eigenvalue weighted by Crippen LogP contribution is -2.29. The highest BCUT2D eigenvalue weighted by molar-refractivity contribution is 7.92. The Balaban J connectivity index is 1.85. The molecule has 0 spiro atoms. The Morgan fingerprint density at radius 1 is 1.12 bits per heavy atom. The van der Waals surface area contributed by atoms with Crippen LogP contribution in [0.3, 0.4) is 0 Å². The van der Waals surface area contributed by atoms with E-state index in [-0.39, 0.29) is 12.5 Å². The molecular formula is C18H21ClN2O4S. The molecule has 2 aromatic carbocycles. The van der Waals surface area contributed by atoms with Crippen LogP contribution in [0.5, 0.6) is 5.75 Å². The Morgan fingerprint density at radius 2 is 1.73 bits per heavy atom. The fraction of sp³-hybridized carbons (Fsp3) is 0.278. The summed E-state index contributed by atoms with van der Waals surface area (Å²) in [7, 11) is -3.32. The van der Waals surface area contributed by atoms with Crippen molar-refractivity contribution in [3.8, 4) is 5.75 Å². The van der Waals surface area contributed by atoms with Gasteiger partial charge in [-0.25, -0.2) is 8.42 Å². The first-order chi connectivity index (χ1) is 12.3. The van der Waals surface area contributed by atoms with Crippen LogP contribution >= 0.6 is 11.6 Å². The van der Waals surface area contributed by atoms with Gasteiger partial charge in [-0.1, -0.05) is 23.7 Å². The molecule has 1 N–H and O–H groups in total. The van der Waals surface area contributed by atoms with Crippen LogP contribution in [0.15, 0.2) is 48.5 Å². The van der Waals surface area contributed by atoms with Gasteiger partial charge in [0, 0.05) is 18.1 Å². The zero-order chi connectivity index (χ0) is 19.2. The molecule has 0 saturated carbocycles. The number of ether oxygens (including phenoxy) is 1. The van der Waals surface area contributed by atoms with E-state index in [9.17, 15) is 13.2 Å². The predicted octanol–water partition coefficient (Wildman–Crippen LogP) is 2.82. The number of carbonyl (C=O) groups excluding carboxylic acids is 1. The summed E-state index contributed by atoms with van der Waals surface area (Å²) in [6.07, 6.45) is 1.16. The van der Waals surface area contributed by atoms with Crippen molar-refractivity contribution < 1.29 is 17.9 Å². The van der Waals surface area contributed by atoms with E-state index in [4.69, 9.17) is 16.3 Å². The molecule has 26 heavy (non-hydrogen) atoms. The van der Waals surface area contributed by atoms with E-state index < -0.39 is 10.0 Å². The lowest BCUT2D eigenvalue weighted by atomic mass is 10.2. The Morgan fingerprint density at radius 3 is 2.27 bits per heavy atom. The molecule has 0 bridgehead atoms. The molecule has 0 aliphatic rings. The maximum atomic E-state index is 11.9. The number of hydrogen-bond donors (Lipinski definition) is 1. The average molecular weight is 397 g/mol. The monoisotopic (exact) mass is 396 g/mol. The molecule has 0 aliphatic carbocycles. The first-order valence-corrected chi connectivity index (χ1v) is 10.2. The second kappa shape index (κ2) is 8.91. The number of anilines is 1. The largest absolute Gasteiger partial charge is 0.484 e. The van der Waals surface area contributed by atoms with Crippen LogP contribution in [0.4, 0.5) is 5.69 Å². The SMILES string of the molecule is CCN(c1ccc(OCC(=O)NCc2ccc(Cl)cc2)cc1)S(C)(=O)=O. The second-order valence-electron chi connectivity index (χ2n) is 5.61. The molecule has 0 saturated heterocycles. The van der Waals surface area contributed by atoms with Crippen LogP contribution in [-0.4, -0.2) is 33.7 Å². The van der Waals surface area contributed by atoms with Gasteiger partial charge in [0.05, 0.1) is 11.9 Å². The fourth-order valence-corrected chi connectivity index (χ4v) is 3.42. The van der Waals surface area contributed by atoms with Crippen LogP contribution in [0.1, 0.15) is 12.5 Å². The Labute approximate surface area is 158 Å². The molecule has 0 heterocycles. The van der Waals surface area contributed by atoms with E-state index in [1.54, 1.807) is 43.3 Å². The smallest absolute Gasteiger partial charge is 0.258 e. The third-order valence-electron chi connectivity index (χ3n) is 3.59. The molecular weight excluding hydrogens is 376 g/mol. The van der Waals surface area contributed by atoms with Gasteiger partial charge in [0.15, 0.2) is 6.61 Å². The fourth-order valence-electron chi connectivity index (χ4n) is 2.32. The van der Waals surface area contributed by atoms with Gasteiger partial charge < -0.3 is 10.1 Å². The summed E-state index contributed by atoms with van der Waals surface area (Å²) in [5.41, 5.74) is 1.49. The van der Waals surface area contributed by atoms with Gasteiger partial charge in [0.25, 0.3) is 5.91 Å². The lowest BCUT2D eigenvalue weighted by molar-refractivity contribution is -0.123. The Kier molecular flexibility index (Phi) is 6.88. The molecule has 0 unspecified atom stereocenters. The lowest BCUT2D eigenvalue weighted by Gasteiger charge is -2.20. The highest BCUT2D eigenvalue weighted by Crippen LogP contribution is 2.21. The Bertz CT molecular complexity index is 836. The van der Waals surface area contributed by atoms with Gasteiger partial charge in [-0.3, -0.25) is 9.10 Å². The van der Waals surface area contributed by atoms with Crippen molar-refractivity contribution in [2.24, 2.45) is 0 Å². The summed E-state index contributed by atoms with van der Waals surface area (Å²) in [4.78, 5) is 11.9. The van der Waals surface area contributed by atoms with Gasteiger partial charge in [-0.15, -0.1) is 0 Å². The normalized spacial score (nSPS) is 11.0. The first-order valence-electron chi connectivity index (χ1n) is 8.01. The number of carbonyl (C=O) groups is 1. The van der Waals surface area contributed by atoms with E-state index >= 15 is 0 Å². The topological polar surface area (TPSA) is 75.7 Å². The Hall–Kier alpha value is -2.25. The van der Waals surface area contributed by atoms with Gasteiger partial charge >= 0.3 is 0 Å². The van der Waals surface area contributed by atoms with Crippen molar-refractivity contribution in [3.63, 3.8) is 0 Å². The molecule has 2 aromatic rings. The summed E-state index contributed by atoms with van der Waals surface area (Å²) >= 11 is 5.81. The average Bonchev–Trinajstić information content (AvgIpc) is 2.60. The molecule has 140 valence electrons. The number of sulfonamides is 1. The molecule has 1 amide bonds. The number of rotatable bonds is 8. The minimum atomic E-state index is -3.32. The maximum Gasteiger partial charge on any atom is 0.258 e. The zero-order valence-corrected chi connectivity index (χ0v) is 16.2. The van der Waals surface area contributed by atoms with Crippen molar-refractivity contribution in [3.05, 3.63) is 59.1 Å². The number of nitrogens with zero attached hydrogens (tertiary/aromatic N) is 1. The van der Waals surface area contributed by atoms with Crippen molar-refractivity contribution in [1.82, 2.24) is 5.32 Å². The van der Waals surface area contributed by atoms with Crippen LogP contribution in [-0.2, 0) is 21.4 Å². The molecule has 8 heteroatoms. The molecule has 2 rings (SSSR count). The van der Waals surface area contributed by atoms with E-state index in [0.29, 0.717) is 29.5 Å². The van der Waals surface area contributed by atoms with Crippen molar-refractivity contribution in [1.29, 1.82) is 0 Å². The third-order valence-corrected chi connectivity index (χ3v) is 5.11. The van der Waals surface area contributed by atoms with Gasteiger partial charge in [-0.2, -0.15) is 0 Å². The van der Waals surface area contributed by atoms with Crippen LogP contribution < -0.4 is 14.4 Å². The number of nitrogens with one attached hydrogen (secondary N) is 1.